The van der Waals surface area contributed by atoms with Crippen LogP contribution >= 0.6 is 0 Å². The van der Waals surface area contributed by atoms with E-state index >= 15 is 0 Å². The monoisotopic (exact) mass is 274 g/mol. The highest BCUT2D eigenvalue weighted by Crippen LogP contribution is 2.04. The van der Waals surface area contributed by atoms with Crippen molar-refractivity contribution >= 4 is 5.91 Å². The molecule has 6 nitrogen and oxygen atoms in total. The molecule has 20 heavy (non-hydrogen) atoms. The highest BCUT2D eigenvalue weighted by Gasteiger charge is 2.15. The van der Waals surface area contributed by atoms with Crippen LogP contribution in [0.15, 0.2) is 29.6 Å². The minimum Gasteiger partial charge on any atom is -0.362 e. The van der Waals surface area contributed by atoms with Gasteiger partial charge in [-0.15, -0.1) is 0 Å². The molecule has 2 rings (SSSR count). The average Bonchev–Trinajstić information content (AvgIpc) is 2.88. The number of aromatic amines is 1. The standard InChI is InChI=1S/C14H18N4O2/c1-9-6-12(19)13(11(3)17-9)14(20)16-7-10(2)18-5-4-15-8-18/h4-6,8,10H,7H2,1-3H3,(H,16,20)(H,17,19)/t10-/m1/s1. The lowest BCUT2D eigenvalue weighted by Crippen LogP contribution is -2.33. The third-order valence-electron chi connectivity index (χ3n) is 3.17. The third-order valence-corrected chi connectivity index (χ3v) is 3.17. The van der Waals surface area contributed by atoms with E-state index in [1.54, 1.807) is 26.4 Å². The van der Waals surface area contributed by atoms with Gasteiger partial charge >= 0.3 is 0 Å². The summed E-state index contributed by atoms with van der Waals surface area (Å²) in [7, 11) is 0. The van der Waals surface area contributed by atoms with Crippen LogP contribution in [0.4, 0.5) is 0 Å². The zero-order valence-electron chi connectivity index (χ0n) is 11.8. The SMILES string of the molecule is Cc1cc(=O)c(C(=O)NC[C@@H](C)n2ccnc2)c(C)[nH]1. The van der Waals surface area contributed by atoms with Gasteiger partial charge in [-0.3, -0.25) is 9.59 Å². The molecule has 1 amide bonds. The summed E-state index contributed by atoms with van der Waals surface area (Å²) < 4.78 is 1.90. The molecule has 0 fully saturated rings. The second kappa shape index (κ2) is 5.73. The Bertz CT molecular complexity index is 658. The van der Waals surface area contributed by atoms with Crippen LogP contribution < -0.4 is 10.7 Å². The summed E-state index contributed by atoms with van der Waals surface area (Å²) in [6.07, 6.45) is 5.22. The summed E-state index contributed by atoms with van der Waals surface area (Å²) in [4.78, 5) is 31.0. The second-order valence-corrected chi connectivity index (χ2v) is 4.89. The van der Waals surface area contributed by atoms with Gasteiger partial charge < -0.3 is 14.9 Å². The Morgan fingerprint density at radius 3 is 2.85 bits per heavy atom. The van der Waals surface area contributed by atoms with Crippen LogP contribution in [0.2, 0.25) is 0 Å². The maximum atomic E-state index is 12.1. The van der Waals surface area contributed by atoms with Crippen molar-refractivity contribution in [3.05, 3.63) is 52.0 Å². The van der Waals surface area contributed by atoms with Crippen LogP contribution in [0.1, 0.15) is 34.7 Å². The van der Waals surface area contributed by atoms with Gasteiger partial charge in [0.1, 0.15) is 5.56 Å². The van der Waals surface area contributed by atoms with E-state index in [4.69, 9.17) is 0 Å². The largest absolute Gasteiger partial charge is 0.362 e. The summed E-state index contributed by atoms with van der Waals surface area (Å²) in [5.74, 6) is -0.351. The van der Waals surface area contributed by atoms with Crippen LogP contribution in [0.3, 0.4) is 0 Å². The number of carbonyl (C=O) groups excluding carboxylic acids is 1. The van der Waals surface area contributed by atoms with Crippen molar-refractivity contribution in [1.82, 2.24) is 19.9 Å². The van der Waals surface area contributed by atoms with Crippen molar-refractivity contribution in [3.63, 3.8) is 0 Å². The van der Waals surface area contributed by atoms with Gasteiger partial charge in [0, 0.05) is 42.4 Å². The number of carbonyl (C=O) groups is 1. The van der Waals surface area contributed by atoms with Gasteiger partial charge in [-0.05, 0) is 20.8 Å². The number of aromatic nitrogens is 3. The van der Waals surface area contributed by atoms with E-state index < -0.39 is 0 Å². The minimum absolute atomic E-state index is 0.0753. The number of H-pyrrole nitrogens is 1. The maximum Gasteiger partial charge on any atom is 0.257 e. The summed E-state index contributed by atoms with van der Waals surface area (Å²) in [6, 6.07) is 1.51. The van der Waals surface area contributed by atoms with Gasteiger partial charge in [0.25, 0.3) is 5.91 Å². The molecule has 2 aromatic rings. The van der Waals surface area contributed by atoms with Crippen molar-refractivity contribution in [1.29, 1.82) is 0 Å². The van der Waals surface area contributed by atoms with Crippen LogP contribution in [0.5, 0.6) is 0 Å². The zero-order valence-corrected chi connectivity index (χ0v) is 11.8. The van der Waals surface area contributed by atoms with Gasteiger partial charge in [-0.1, -0.05) is 0 Å². The van der Waals surface area contributed by atoms with E-state index in [0.29, 0.717) is 12.2 Å². The fourth-order valence-corrected chi connectivity index (χ4v) is 2.09. The fourth-order valence-electron chi connectivity index (χ4n) is 2.09. The summed E-state index contributed by atoms with van der Waals surface area (Å²) >= 11 is 0. The molecule has 0 saturated heterocycles. The number of imidazole rings is 1. The normalized spacial score (nSPS) is 12.2. The average molecular weight is 274 g/mol. The fraction of sp³-hybridized carbons (Fsp3) is 0.357. The molecular formula is C14H18N4O2. The molecule has 0 aliphatic carbocycles. The summed E-state index contributed by atoms with van der Waals surface area (Å²) in [5, 5.41) is 2.78. The first-order chi connectivity index (χ1) is 9.49. The maximum absolute atomic E-state index is 12.1. The first kappa shape index (κ1) is 14.0. The Kier molecular flexibility index (Phi) is 4.02. The van der Waals surface area contributed by atoms with E-state index in [1.165, 1.54) is 6.07 Å². The number of nitrogens with one attached hydrogen (secondary N) is 2. The highest BCUT2D eigenvalue weighted by molar-refractivity contribution is 5.95. The molecule has 0 aliphatic heterocycles. The van der Waals surface area contributed by atoms with Crippen molar-refractivity contribution in [2.45, 2.75) is 26.8 Å². The Labute approximate surface area is 116 Å². The molecule has 106 valence electrons. The number of aryl methyl sites for hydroxylation is 2. The molecule has 0 aromatic carbocycles. The van der Waals surface area contributed by atoms with Crippen LogP contribution in [-0.2, 0) is 0 Å². The smallest absolute Gasteiger partial charge is 0.257 e. The predicted octanol–water partition coefficient (Wildman–Crippen LogP) is 1.18. The lowest BCUT2D eigenvalue weighted by atomic mass is 10.1. The van der Waals surface area contributed by atoms with Crippen molar-refractivity contribution in [2.75, 3.05) is 6.54 Å². The molecule has 0 saturated carbocycles. The van der Waals surface area contributed by atoms with Crippen molar-refractivity contribution in [3.8, 4) is 0 Å². The number of rotatable bonds is 4. The van der Waals surface area contributed by atoms with Gasteiger partial charge in [-0.25, -0.2) is 4.98 Å². The molecule has 0 radical (unpaired) electrons. The molecule has 2 heterocycles. The van der Waals surface area contributed by atoms with E-state index in [9.17, 15) is 9.59 Å². The Morgan fingerprint density at radius 1 is 1.50 bits per heavy atom. The van der Waals surface area contributed by atoms with Crippen LogP contribution in [0, 0.1) is 13.8 Å². The van der Waals surface area contributed by atoms with Crippen molar-refractivity contribution in [2.24, 2.45) is 0 Å². The first-order valence-corrected chi connectivity index (χ1v) is 6.45. The van der Waals surface area contributed by atoms with Crippen LogP contribution in [-0.4, -0.2) is 27.0 Å². The molecule has 0 bridgehead atoms. The number of pyridine rings is 1. The van der Waals surface area contributed by atoms with E-state index in [0.717, 1.165) is 5.69 Å². The lowest BCUT2D eigenvalue weighted by molar-refractivity contribution is 0.0946. The van der Waals surface area contributed by atoms with Gasteiger partial charge in [0.2, 0.25) is 0 Å². The van der Waals surface area contributed by atoms with Gasteiger partial charge in [0.15, 0.2) is 5.43 Å². The molecule has 2 N–H and O–H groups in total. The third kappa shape index (κ3) is 2.96. The Hall–Kier alpha value is -2.37. The van der Waals surface area contributed by atoms with Crippen LogP contribution in [0.25, 0.3) is 0 Å². The lowest BCUT2D eigenvalue weighted by Gasteiger charge is -2.14. The summed E-state index contributed by atoms with van der Waals surface area (Å²) in [5.41, 5.74) is 1.25. The minimum atomic E-state index is -0.351. The Morgan fingerprint density at radius 2 is 2.25 bits per heavy atom. The van der Waals surface area contributed by atoms with Crippen molar-refractivity contribution < 1.29 is 4.79 Å². The number of nitrogens with zero attached hydrogens (tertiary/aromatic N) is 2. The Balaban J connectivity index is 2.08. The number of amides is 1. The first-order valence-electron chi connectivity index (χ1n) is 6.45. The molecule has 1 atom stereocenters. The van der Waals surface area contributed by atoms with E-state index in [2.05, 4.69) is 15.3 Å². The quantitative estimate of drug-likeness (QED) is 0.878. The molecule has 6 heteroatoms. The van der Waals surface area contributed by atoms with Gasteiger partial charge in [0.05, 0.1) is 6.33 Å². The zero-order chi connectivity index (χ0) is 14.7. The molecular weight excluding hydrogens is 256 g/mol. The molecule has 0 aliphatic rings. The van der Waals surface area contributed by atoms with Gasteiger partial charge in [-0.2, -0.15) is 0 Å². The predicted molar refractivity (Wildman–Crippen MR) is 75.8 cm³/mol. The van der Waals surface area contributed by atoms with E-state index in [1.807, 2.05) is 17.7 Å². The topological polar surface area (TPSA) is 79.8 Å². The van der Waals surface area contributed by atoms with E-state index in [-0.39, 0.29) is 22.9 Å². The molecule has 0 spiro atoms. The number of hydrogen-bond donors (Lipinski definition) is 2. The summed E-state index contributed by atoms with van der Waals surface area (Å²) in [6.45, 7) is 5.91. The second-order valence-electron chi connectivity index (χ2n) is 4.89. The molecule has 2 aromatic heterocycles. The molecule has 0 unspecified atom stereocenters. The highest BCUT2D eigenvalue weighted by atomic mass is 16.2. The number of hydrogen-bond acceptors (Lipinski definition) is 3.